The average Bonchev–Trinajstić information content (AvgIpc) is 3.29. The summed E-state index contributed by atoms with van der Waals surface area (Å²) in [7, 11) is 0. The Kier molecular flexibility index (Phi) is 6.32. The maximum atomic E-state index is 11.1. The van der Waals surface area contributed by atoms with Gasteiger partial charge in [-0.25, -0.2) is 0 Å². The number of hydrogen-bond acceptors (Lipinski definition) is 6. The number of para-hydroxylation sites is 1. The molecule has 3 rings (SSSR count). The molecule has 0 bridgehead atoms. The van der Waals surface area contributed by atoms with Gasteiger partial charge in [0.15, 0.2) is 5.16 Å². The topological polar surface area (TPSA) is 96.2 Å². The molecule has 0 aliphatic heterocycles. The molecule has 2 heterocycles. The van der Waals surface area contributed by atoms with Gasteiger partial charge in [0, 0.05) is 18.6 Å². The van der Waals surface area contributed by atoms with Crippen molar-refractivity contribution in [1.29, 1.82) is 0 Å². The molecule has 3 aromatic rings. The van der Waals surface area contributed by atoms with E-state index < -0.39 is 0 Å². The van der Waals surface area contributed by atoms with Crippen molar-refractivity contribution in [3.8, 4) is 5.75 Å². The number of benzene rings is 1. The predicted molar refractivity (Wildman–Crippen MR) is 98.0 cm³/mol. The molecule has 2 N–H and O–H groups in total. The molecule has 1 aromatic carbocycles. The number of hydrogen-bond donors (Lipinski definition) is 1. The van der Waals surface area contributed by atoms with Crippen LogP contribution in [0.2, 0.25) is 0 Å². The maximum Gasteiger partial charge on any atom is 0.217 e. The minimum absolute atomic E-state index is 0.234. The van der Waals surface area contributed by atoms with Crippen LogP contribution in [-0.4, -0.2) is 33.0 Å². The highest BCUT2D eigenvalue weighted by molar-refractivity contribution is 7.99. The Morgan fingerprint density at radius 2 is 2.04 bits per heavy atom. The minimum atomic E-state index is -0.358. The van der Waals surface area contributed by atoms with Crippen LogP contribution in [-0.2, 0) is 17.8 Å². The molecule has 0 unspecified atom stereocenters. The van der Waals surface area contributed by atoms with Gasteiger partial charge in [-0.1, -0.05) is 30.0 Å². The van der Waals surface area contributed by atoms with Gasteiger partial charge in [0.05, 0.1) is 19.4 Å². The van der Waals surface area contributed by atoms with E-state index in [1.807, 2.05) is 47.0 Å². The van der Waals surface area contributed by atoms with E-state index in [4.69, 9.17) is 14.9 Å². The summed E-state index contributed by atoms with van der Waals surface area (Å²) in [5.74, 6) is 2.72. The number of thioether (sulfide) groups is 1. The summed E-state index contributed by atoms with van der Waals surface area (Å²) in [5, 5.41) is 9.21. The van der Waals surface area contributed by atoms with Gasteiger partial charge >= 0.3 is 0 Å². The third-order valence-corrected chi connectivity index (χ3v) is 4.54. The fourth-order valence-corrected chi connectivity index (χ4v) is 3.15. The Morgan fingerprint density at radius 3 is 2.77 bits per heavy atom. The fourth-order valence-electron chi connectivity index (χ4n) is 2.37. The molecule has 136 valence electrons. The molecule has 0 atom stereocenters. The number of amides is 1. The maximum absolute atomic E-state index is 11.1. The summed E-state index contributed by atoms with van der Waals surface area (Å²) < 4.78 is 13.1. The highest BCUT2D eigenvalue weighted by Gasteiger charge is 2.15. The molecule has 0 aliphatic rings. The largest absolute Gasteiger partial charge is 0.493 e. The lowest BCUT2D eigenvalue weighted by molar-refractivity contribution is -0.118. The molecule has 0 saturated carbocycles. The van der Waals surface area contributed by atoms with Crippen LogP contribution in [0.5, 0.6) is 5.75 Å². The second-order valence-electron chi connectivity index (χ2n) is 5.54. The van der Waals surface area contributed by atoms with E-state index >= 15 is 0 Å². The number of aromatic nitrogens is 3. The zero-order valence-corrected chi connectivity index (χ0v) is 15.0. The van der Waals surface area contributed by atoms with E-state index in [0.717, 1.165) is 22.4 Å². The summed E-state index contributed by atoms with van der Waals surface area (Å²) in [6.45, 7) is 1.06. The minimum Gasteiger partial charge on any atom is -0.493 e. The number of aryl methyl sites for hydroxylation is 1. The Bertz CT molecular complexity index is 818. The number of primary amides is 1. The molecule has 0 saturated heterocycles. The SMILES string of the molecule is NC(=O)CCc1nnc(SCCOc2ccccc2)n1Cc1ccco1. The normalized spacial score (nSPS) is 10.8. The van der Waals surface area contributed by atoms with Gasteiger partial charge in [0.25, 0.3) is 0 Å². The van der Waals surface area contributed by atoms with Crippen molar-refractivity contribution in [2.45, 2.75) is 24.5 Å². The number of rotatable bonds is 10. The number of nitrogens with two attached hydrogens (primary N) is 1. The van der Waals surface area contributed by atoms with Crippen LogP contribution in [0.15, 0.2) is 58.3 Å². The number of ether oxygens (including phenoxy) is 1. The van der Waals surface area contributed by atoms with Gasteiger partial charge in [-0.05, 0) is 24.3 Å². The summed E-state index contributed by atoms with van der Waals surface area (Å²) >= 11 is 1.55. The summed E-state index contributed by atoms with van der Waals surface area (Å²) in [4.78, 5) is 11.1. The first-order valence-corrected chi connectivity index (χ1v) is 9.24. The molecule has 8 heteroatoms. The van der Waals surface area contributed by atoms with Gasteiger partial charge in [-0.15, -0.1) is 10.2 Å². The zero-order valence-electron chi connectivity index (χ0n) is 14.2. The molecule has 0 radical (unpaired) electrons. The van der Waals surface area contributed by atoms with Crippen molar-refractivity contribution < 1.29 is 13.9 Å². The van der Waals surface area contributed by atoms with Crippen LogP contribution < -0.4 is 10.5 Å². The van der Waals surface area contributed by atoms with Crippen molar-refractivity contribution in [2.75, 3.05) is 12.4 Å². The third-order valence-electron chi connectivity index (χ3n) is 3.61. The van der Waals surface area contributed by atoms with Gasteiger partial charge < -0.3 is 14.9 Å². The molecule has 2 aromatic heterocycles. The monoisotopic (exact) mass is 372 g/mol. The van der Waals surface area contributed by atoms with E-state index in [-0.39, 0.29) is 12.3 Å². The first kappa shape index (κ1) is 18.1. The molecule has 26 heavy (non-hydrogen) atoms. The van der Waals surface area contributed by atoms with Crippen molar-refractivity contribution in [3.63, 3.8) is 0 Å². The van der Waals surface area contributed by atoms with Crippen LogP contribution in [0.4, 0.5) is 0 Å². The summed E-state index contributed by atoms with van der Waals surface area (Å²) in [6.07, 6.45) is 2.31. The van der Waals surface area contributed by atoms with E-state index in [1.54, 1.807) is 18.0 Å². The van der Waals surface area contributed by atoms with Crippen LogP contribution in [0.3, 0.4) is 0 Å². The standard InChI is InChI=1S/C18H20N4O3S/c19-16(23)8-9-17-20-21-18(22(17)13-15-7-4-10-24-15)26-12-11-25-14-5-2-1-3-6-14/h1-7,10H,8-9,11-13H2,(H2,19,23). The van der Waals surface area contributed by atoms with Crippen molar-refractivity contribution in [3.05, 3.63) is 60.3 Å². The molecule has 7 nitrogen and oxygen atoms in total. The molecule has 0 spiro atoms. The lowest BCUT2D eigenvalue weighted by atomic mass is 10.3. The van der Waals surface area contributed by atoms with Crippen LogP contribution in [0.1, 0.15) is 18.0 Å². The second-order valence-corrected chi connectivity index (χ2v) is 6.60. The quantitative estimate of drug-likeness (QED) is 0.434. The van der Waals surface area contributed by atoms with E-state index in [1.165, 1.54) is 0 Å². The van der Waals surface area contributed by atoms with Gasteiger partial charge in [0.2, 0.25) is 5.91 Å². The third kappa shape index (κ3) is 5.13. The van der Waals surface area contributed by atoms with E-state index in [2.05, 4.69) is 10.2 Å². The highest BCUT2D eigenvalue weighted by atomic mass is 32.2. The Hall–Kier alpha value is -2.74. The number of carbonyl (C=O) groups excluding carboxylic acids is 1. The van der Waals surface area contributed by atoms with E-state index in [9.17, 15) is 4.79 Å². The van der Waals surface area contributed by atoms with Crippen LogP contribution >= 0.6 is 11.8 Å². The second kappa shape index (κ2) is 9.10. The number of nitrogens with zero attached hydrogens (tertiary/aromatic N) is 3. The van der Waals surface area contributed by atoms with Gasteiger partial charge in [0.1, 0.15) is 17.3 Å². The molecule has 1 amide bonds. The average molecular weight is 372 g/mol. The van der Waals surface area contributed by atoms with Crippen molar-refractivity contribution in [2.24, 2.45) is 5.73 Å². The molecule has 0 fully saturated rings. The summed E-state index contributed by atoms with van der Waals surface area (Å²) in [6, 6.07) is 13.4. The first-order valence-electron chi connectivity index (χ1n) is 8.26. The Morgan fingerprint density at radius 1 is 1.19 bits per heavy atom. The predicted octanol–water partition coefficient (Wildman–Crippen LogP) is 2.51. The zero-order chi connectivity index (χ0) is 18.2. The first-order chi connectivity index (χ1) is 12.7. The van der Waals surface area contributed by atoms with Crippen molar-refractivity contribution in [1.82, 2.24) is 14.8 Å². The molecular weight excluding hydrogens is 352 g/mol. The fraction of sp³-hybridized carbons (Fsp3) is 0.278. The van der Waals surface area contributed by atoms with Crippen molar-refractivity contribution >= 4 is 17.7 Å². The van der Waals surface area contributed by atoms with Crippen LogP contribution in [0, 0.1) is 0 Å². The van der Waals surface area contributed by atoms with E-state index in [0.29, 0.717) is 25.4 Å². The van der Waals surface area contributed by atoms with Crippen LogP contribution in [0.25, 0.3) is 0 Å². The molecule has 0 aliphatic carbocycles. The summed E-state index contributed by atoms with van der Waals surface area (Å²) in [5.41, 5.74) is 5.25. The smallest absolute Gasteiger partial charge is 0.217 e. The van der Waals surface area contributed by atoms with Gasteiger partial charge in [-0.3, -0.25) is 9.36 Å². The lowest BCUT2D eigenvalue weighted by Crippen LogP contribution is -2.14. The number of carbonyl (C=O) groups is 1. The van der Waals surface area contributed by atoms with Gasteiger partial charge in [-0.2, -0.15) is 0 Å². The Labute approximate surface area is 155 Å². The number of furan rings is 1. The molecular formula is C18H20N4O3S. The highest BCUT2D eigenvalue weighted by Crippen LogP contribution is 2.20. The lowest BCUT2D eigenvalue weighted by Gasteiger charge is -2.09. The Balaban J connectivity index is 1.62.